The number of aromatic amines is 1. The number of fused-ring (bicyclic) bond motifs is 2. The second-order valence-corrected chi connectivity index (χ2v) is 7.06. The third-order valence-electron chi connectivity index (χ3n) is 4.34. The second-order valence-electron chi connectivity index (χ2n) is 6.00. The van der Waals surface area contributed by atoms with Crippen molar-refractivity contribution in [2.75, 3.05) is 12.3 Å². The first-order valence-electron chi connectivity index (χ1n) is 8.24. The lowest BCUT2D eigenvalue weighted by Gasteiger charge is -2.11. The van der Waals surface area contributed by atoms with Crippen LogP contribution in [-0.4, -0.2) is 28.2 Å². The average molecular weight is 337 g/mol. The van der Waals surface area contributed by atoms with Crippen molar-refractivity contribution in [1.29, 1.82) is 0 Å². The van der Waals surface area contributed by atoms with Gasteiger partial charge in [0.2, 0.25) is 5.91 Å². The van der Waals surface area contributed by atoms with Gasteiger partial charge in [-0.3, -0.25) is 4.79 Å². The highest BCUT2D eigenvalue weighted by atomic mass is 32.2. The average Bonchev–Trinajstić information content (AvgIpc) is 3.22. The number of nitrogens with one attached hydrogen (secondary N) is 2. The summed E-state index contributed by atoms with van der Waals surface area (Å²) in [6.45, 7) is 0.680. The number of aromatic nitrogens is 2. The zero-order valence-electron chi connectivity index (χ0n) is 13.3. The van der Waals surface area contributed by atoms with E-state index in [1.54, 1.807) is 11.8 Å². The van der Waals surface area contributed by atoms with Gasteiger partial charge in [0, 0.05) is 23.6 Å². The second kappa shape index (κ2) is 6.69. The number of rotatable bonds is 5. The van der Waals surface area contributed by atoms with Crippen LogP contribution >= 0.6 is 11.8 Å². The van der Waals surface area contributed by atoms with Crippen LogP contribution in [0, 0.1) is 0 Å². The van der Waals surface area contributed by atoms with Gasteiger partial charge in [0.05, 0.1) is 17.0 Å². The molecular formula is C19H19N3OS. The van der Waals surface area contributed by atoms with Gasteiger partial charge in [0.1, 0.15) is 5.82 Å². The van der Waals surface area contributed by atoms with E-state index >= 15 is 0 Å². The molecule has 0 fully saturated rings. The Kier molecular flexibility index (Phi) is 4.26. The number of H-pyrrole nitrogens is 1. The normalized spacial score (nSPS) is 16.2. The lowest BCUT2D eigenvalue weighted by molar-refractivity contribution is -0.122. The lowest BCUT2D eigenvalue weighted by atomic mass is 10.0. The Morgan fingerprint density at radius 1 is 1.21 bits per heavy atom. The first-order chi connectivity index (χ1) is 11.8. The van der Waals surface area contributed by atoms with Gasteiger partial charge in [-0.05, 0) is 30.2 Å². The summed E-state index contributed by atoms with van der Waals surface area (Å²) in [6.07, 6.45) is 1.72. The van der Waals surface area contributed by atoms with E-state index in [0.29, 0.717) is 6.54 Å². The molecule has 0 unspecified atom stereocenters. The molecule has 0 bridgehead atoms. The highest BCUT2D eigenvalue weighted by Crippen LogP contribution is 2.39. The fourth-order valence-electron chi connectivity index (χ4n) is 3.09. The third-order valence-corrected chi connectivity index (χ3v) is 5.53. The van der Waals surface area contributed by atoms with Crippen molar-refractivity contribution in [3.05, 3.63) is 59.9 Å². The Hall–Kier alpha value is -2.27. The molecule has 4 rings (SSSR count). The van der Waals surface area contributed by atoms with Gasteiger partial charge in [0.15, 0.2) is 0 Å². The van der Waals surface area contributed by atoms with Gasteiger partial charge in [-0.15, -0.1) is 11.8 Å². The number of aryl methyl sites for hydroxylation is 1. The molecule has 2 N–H and O–H groups in total. The standard InChI is InChI=1S/C19H19N3OS/c23-19(14-12-24-17-9-4-1-6-13(14)17)20-11-5-10-18-21-15-7-2-3-8-16(15)22-18/h1-4,6-9,14H,5,10-12H2,(H,20,23)(H,21,22)/t14-/m0/s1. The molecule has 3 aromatic rings. The Bertz CT molecular complexity index is 841. The van der Waals surface area contributed by atoms with Gasteiger partial charge in [-0.2, -0.15) is 0 Å². The van der Waals surface area contributed by atoms with Crippen molar-refractivity contribution >= 4 is 28.7 Å². The fourth-order valence-corrected chi connectivity index (χ4v) is 4.32. The number of amides is 1. The summed E-state index contributed by atoms with van der Waals surface area (Å²) in [7, 11) is 0. The Morgan fingerprint density at radius 2 is 2.04 bits per heavy atom. The van der Waals surface area contributed by atoms with E-state index in [-0.39, 0.29) is 11.8 Å². The molecule has 0 saturated heterocycles. The van der Waals surface area contributed by atoms with Gasteiger partial charge in [0.25, 0.3) is 0 Å². The van der Waals surface area contributed by atoms with E-state index in [0.717, 1.165) is 41.0 Å². The number of hydrogen-bond donors (Lipinski definition) is 2. The summed E-state index contributed by atoms with van der Waals surface area (Å²) >= 11 is 1.77. The molecule has 24 heavy (non-hydrogen) atoms. The van der Waals surface area contributed by atoms with Crippen LogP contribution in [0.5, 0.6) is 0 Å². The number of carbonyl (C=O) groups is 1. The molecule has 5 heteroatoms. The minimum Gasteiger partial charge on any atom is -0.356 e. The zero-order valence-corrected chi connectivity index (χ0v) is 14.1. The van der Waals surface area contributed by atoms with E-state index < -0.39 is 0 Å². The van der Waals surface area contributed by atoms with Gasteiger partial charge < -0.3 is 10.3 Å². The SMILES string of the molecule is O=C(NCCCc1nc2ccccc2[nH]1)[C@H]1CSc2ccccc21. The van der Waals surface area contributed by atoms with Crippen molar-refractivity contribution in [1.82, 2.24) is 15.3 Å². The zero-order chi connectivity index (χ0) is 16.4. The number of thioether (sulfide) groups is 1. The van der Waals surface area contributed by atoms with Crippen LogP contribution in [0.4, 0.5) is 0 Å². The van der Waals surface area contributed by atoms with Crippen molar-refractivity contribution < 1.29 is 4.79 Å². The Balaban J connectivity index is 1.29. The molecule has 2 aromatic carbocycles. The van der Waals surface area contributed by atoms with Gasteiger partial charge in [-0.1, -0.05) is 30.3 Å². The topological polar surface area (TPSA) is 57.8 Å². The maximum atomic E-state index is 12.4. The molecule has 0 saturated carbocycles. The van der Waals surface area contributed by atoms with Gasteiger partial charge >= 0.3 is 0 Å². The van der Waals surface area contributed by atoms with Crippen LogP contribution in [0.3, 0.4) is 0 Å². The van der Waals surface area contributed by atoms with E-state index in [9.17, 15) is 4.79 Å². The predicted molar refractivity (Wildman–Crippen MR) is 97.3 cm³/mol. The number of benzene rings is 2. The summed E-state index contributed by atoms with van der Waals surface area (Å²) in [5.74, 6) is 1.94. The van der Waals surface area contributed by atoms with E-state index in [4.69, 9.17) is 0 Å². The molecule has 0 spiro atoms. The molecule has 1 aliphatic heterocycles. The molecule has 1 atom stereocenters. The maximum Gasteiger partial charge on any atom is 0.228 e. The molecule has 122 valence electrons. The summed E-state index contributed by atoms with van der Waals surface area (Å²) in [4.78, 5) is 21.5. The third kappa shape index (κ3) is 3.04. The first kappa shape index (κ1) is 15.3. The summed E-state index contributed by atoms with van der Waals surface area (Å²) in [6, 6.07) is 16.2. The van der Waals surface area contributed by atoms with Crippen molar-refractivity contribution in [2.24, 2.45) is 0 Å². The van der Waals surface area contributed by atoms with Crippen LogP contribution < -0.4 is 5.32 Å². The minimum atomic E-state index is -0.0163. The Morgan fingerprint density at radius 3 is 2.96 bits per heavy atom. The number of nitrogens with zero attached hydrogens (tertiary/aromatic N) is 1. The molecule has 4 nitrogen and oxygen atoms in total. The molecule has 1 aromatic heterocycles. The quantitative estimate of drug-likeness (QED) is 0.701. The van der Waals surface area contributed by atoms with Crippen LogP contribution in [0.2, 0.25) is 0 Å². The maximum absolute atomic E-state index is 12.4. The smallest absolute Gasteiger partial charge is 0.228 e. The predicted octanol–water partition coefficient (Wildman–Crippen LogP) is 3.50. The number of imidazole rings is 1. The van der Waals surface area contributed by atoms with E-state index in [1.165, 1.54) is 4.90 Å². The highest BCUT2D eigenvalue weighted by Gasteiger charge is 2.28. The molecular weight excluding hydrogens is 318 g/mol. The molecule has 0 radical (unpaired) electrons. The lowest BCUT2D eigenvalue weighted by Crippen LogP contribution is -2.30. The van der Waals surface area contributed by atoms with Crippen molar-refractivity contribution in [2.45, 2.75) is 23.7 Å². The minimum absolute atomic E-state index is 0.0163. The van der Waals surface area contributed by atoms with Crippen LogP contribution in [0.25, 0.3) is 11.0 Å². The summed E-state index contributed by atoms with van der Waals surface area (Å²) < 4.78 is 0. The number of carbonyl (C=O) groups excluding carboxylic acids is 1. The highest BCUT2D eigenvalue weighted by molar-refractivity contribution is 7.99. The van der Waals surface area contributed by atoms with Crippen LogP contribution in [-0.2, 0) is 11.2 Å². The monoisotopic (exact) mass is 337 g/mol. The first-order valence-corrected chi connectivity index (χ1v) is 9.23. The number of para-hydroxylation sites is 2. The summed E-state index contributed by atoms with van der Waals surface area (Å²) in [5, 5.41) is 3.08. The van der Waals surface area contributed by atoms with Crippen molar-refractivity contribution in [3.63, 3.8) is 0 Å². The molecule has 1 aliphatic rings. The van der Waals surface area contributed by atoms with Gasteiger partial charge in [-0.25, -0.2) is 4.98 Å². The van der Waals surface area contributed by atoms with E-state index in [1.807, 2.05) is 36.4 Å². The van der Waals surface area contributed by atoms with E-state index in [2.05, 4.69) is 27.4 Å². The van der Waals surface area contributed by atoms with Crippen LogP contribution in [0.1, 0.15) is 23.7 Å². The van der Waals surface area contributed by atoms with Crippen LogP contribution in [0.15, 0.2) is 53.4 Å². The molecule has 0 aliphatic carbocycles. The number of hydrogen-bond acceptors (Lipinski definition) is 3. The fraction of sp³-hybridized carbons (Fsp3) is 0.263. The summed E-state index contributed by atoms with van der Waals surface area (Å²) in [5.41, 5.74) is 3.23. The molecule has 1 amide bonds. The largest absolute Gasteiger partial charge is 0.356 e. The Labute approximate surface area is 145 Å². The molecule has 2 heterocycles. The van der Waals surface area contributed by atoms with Crippen molar-refractivity contribution in [3.8, 4) is 0 Å².